The van der Waals surface area contributed by atoms with Crippen LogP contribution in [0.15, 0.2) is 0 Å². The quantitative estimate of drug-likeness (QED) is 0.306. The molecule has 70 valence electrons. The molecule has 12 heavy (non-hydrogen) atoms. The van der Waals surface area contributed by atoms with Crippen LogP contribution >= 0.6 is 0 Å². The highest BCUT2D eigenvalue weighted by Gasteiger charge is 2.73. The van der Waals surface area contributed by atoms with Gasteiger partial charge in [-0.3, -0.25) is 0 Å². The molecule has 6 nitrogen and oxygen atoms in total. The lowest BCUT2D eigenvalue weighted by atomic mass is 9.92. The molecule has 0 saturated carbocycles. The van der Waals surface area contributed by atoms with E-state index in [4.69, 9.17) is 0 Å². The van der Waals surface area contributed by atoms with Gasteiger partial charge in [-0.25, -0.2) is 0 Å². The van der Waals surface area contributed by atoms with Crippen LogP contribution in [0.5, 0.6) is 0 Å². The molecule has 0 radical (unpaired) electrons. The fourth-order valence-corrected chi connectivity index (χ4v) is 1.55. The first-order valence-electron chi connectivity index (χ1n) is 3.59. The Balaban J connectivity index is 2.41. The van der Waals surface area contributed by atoms with Crippen molar-refractivity contribution in [1.29, 1.82) is 0 Å². The van der Waals surface area contributed by atoms with Crippen LogP contribution in [0.1, 0.15) is 6.42 Å². The topological polar surface area (TPSA) is 99.4 Å². The summed E-state index contributed by atoms with van der Waals surface area (Å²) in [5.74, 6) is -4.71. The Kier molecular flexibility index (Phi) is 1.38. The summed E-state index contributed by atoms with van der Waals surface area (Å²) >= 11 is 0. The summed E-state index contributed by atoms with van der Waals surface area (Å²) in [6.07, 6.45) is -0.0729. The van der Waals surface area contributed by atoms with Gasteiger partial charge in [0, 0.05) is 6.42 Å². The molecule has 2 unspecified atom stereocenters. The number of hydrogen-bond acceptors (Lipinski definition) is 6. The molecule has 0 bridgehead atoms. The Labute approximate surface area is 68.0 Å². The summed E-state index contributed by atoms with van der Waals surface area (Å²) in [5, 5.41) is 37.5. The van der Waals surface area contributed by atoms with Gasteiger partial charge in [-0.15, -0.1) is 0 Å². The summed E-state index contributed by atoms with van der Waals surface area (Å²) in [7, 11) is 0. The van der Waals surface area contributed by atoms with Gasteiger partial charge in [-0.1, -0.05) is 0 Å². The molecule has 4 N–H and O–H groups in total. The molecule has 0 aromatic heterocycles. The van der Waals surface area contributed by atoms with Gasteiger partial charge in [-0.2, -0.15) is 0 Å². The zero-order valence-corrected chi connectivity index (χ0v) is 6.23. The third kappa shape index (κ3) is 0.698. The minimum absolute atomic E-state index is 0.0237. The van der Waals surface area contributed by atoms with Crippen molar-refractivity contribution in [2.45, 2.75) is 23.8 Å². The summed E-state index contributed by atoms with van der Waals surface area (Å²) in [6, 6.07) is 0. The van der Waals surface area contributed by atoms with Gasteiger partial charge in [0.05, 0.1) is 6.61 Å². The molecule has 2 fully saturated rings. The van der Waals surface area contributed by atoms with Gasteiger partial charge in [0.15, 0.2) is 0 Å². The molecule has 2 saturated heterocycles. The van der Waals surface area contributed by atoms with Gasteiger partial charge in [0.1, 0.15) is 6.61 Å². The smallest absolute Gasteiger partial charge is 0.317 e. The average Bonchev–Trinajstić information content (AvgIpc) is 2.34. The summed E-state index contributed by atoms with van der Waals surface area (Å²) in [6.45, 7) is -0.546. The zero-order chi connectivity index (χ0) is 9.04. The maximum atomic E-state index is 9.62. The van der Waals surface area contributed by atoms with E-state index in [1.54, 1.807) is 0 Å². The lowest BCUT2D eigenvalue weighted by Gasteiger charge is -2.32. The fraction of sp³-hybridized carbons (Fsp3) is 1.00. The minimum atomic E-state index is -2.45. The molecule has 0 aromatic carbocycles. The lowest BCUT2D eigenvalue weighted by molar-refractivity contribution is -0.376. The molecule has 2 rings (SSSR count). The summed E-state index contributed by atoms with van der Waals surface area (Å²) in [5.41, 5.74) is -2.14. The predicted molar refractivity (Wildman–Crippen MR) is 33.6 cm³/mol. The van der Waals surface area contributed by atoms with Crippen molar-refractivity contribution in [1.82, 2.24) is 0 Å². The van der Waals surface area contributed by atoms with Gasteiger partial charge in [-0.05, 0) is 0 Å². The number of ether oxygens (including phenoxy) is 2. The van der Waals surface area contributed by atoms with E-state index in [1.165, 1.54) is 0 Å². The SMILES string of the molecule is OC1(O)COC2(O)OCCC12O. The van der Waals surface area contributed by atoms with Gasteiger partial charge < -0.3 is 29.9 Å². The second-order valence-corrected chi connectivity index (χ2v) is 3.15. The van der Waals surface area contributed by atoms with E-state index in [9.17, 15) is 20.4 Å². The second-order valence-electron chi connectivity index (χ2n) is 3.15. The van der Waals surface area contributed by atoms with E-state index >= 15 is 0 Å². The van der Waals surface area contributed by atoms with Gasteiger partial charge in [0.2, 0.25) is 11.4 Å². The molecule has 2 heterocycles. The average molecular weight is 178 g/mol. The normalized spacial score (nSPS) is 51.0. The lowest BCUT2D eigenvalue weighted by Crippen LogP contribution is -2.60. The Morgan fingerprint density at radius 1 is 1.00 bits per heavy atom. The first-order chi connectivity index (χ1) is 5.41. The first-order valence-corrected chi connectivity index (χ1v) is 3.59. The van der Waals surface area contributed by atoms with E-state index in [0.29, 0.717) is 0 Å². The standard InChI is InChI=1S/C6H10O6/c7-4-1-2-11-6(4,10)12-3-5(4,8)9/h7-10H,1-3H2. The third-order valence-electron chi connectivity index (χ3n) is 2.42. The highest BCUT2D eigenvalue weighted by molar-refractivity contribution is 5.06. The molecule has 0 aliphatic carbocycles. The van der Waals surface area contributed by atoms with Crippen LogP contribution in [0, 0.1) is 0 Å². The van der Waals surface area contributed by atoms with E-state index in [2.05, 4.69) is 9.47 Å². The van der Waals surface area contributed by atoms with Gasteiger partial charge >= 0.3 is 5.97 Å². The Hall–Kier alpha value is -0.240. The first kappa shape index (κ1) is 8.36. The molecular formula is C6H10O6. The van der Waals surface area contributed by atoms with Crippen LogP contribution in [-0.4, -0.2) is 51.0 Å². The van der Waals surface area contributed by atoms with Crippen molar-refractivity contribution in [3.63, 3.8) is 0 Å². The van der Waals surface area contributed by atoms with E-state index in [0.717, 1.165) is 0 Å². The van der Waals surface area contributed by atoms with Crippen LogP contribution in [-0.2, 0) is 9.47 Å². The maximum absolute atomic E-state index is 9.62. The van der Waals surface area contributed by atoms with E-state index in [-0.39, 0.29) is 13.0 Å². The van der Waals surface area contributed by atoms with Crippen molar-refractivity contribution in [3.05, 3.63) is 0 Å². The van der Waals surface area contributed by atoms with E-state index in [1.807, 2.05) is 0 Å². The van der Waals surface area contributed by atoms with Gasteiger partial charge in [0.25, 0.3) is 0 Å². The van der Waals surface area contributed by atoms with Crippen molar-refractivity contribution in [3.8, 4) is 0 Å². The maximum Gasteiger partial charge on any atom is 0.317 e. The number of rotatable bonds is 0. The number of hydrogen-bond donors (Lipinski definition) is 4. The fourth-order valence-electron chi connectivity index (χ4n) is 1.55. The third-order valence-corrected chi connectivity index (χ3v) is 2.42. The summed E-state index contributed by atoms with van der Waals surface area (Å²) < 4.78 is 9.23. The molecule has 2 atom stereocenters. The minimum Gasteiger partial charge on any atom is -0.377 e. The van der Waals surface area contributed by atoms with Crippen LogP contribution in [0.2, 0.25) is 0 Å². The molecule has 2 aliphatic heterocycles. The molecular weight excluding hydrogens is 168 g/mol. The van der Waals surface area contributed by atoms with E-state index < -0.39 is 24.0 Å². The number of aliphatic hydroxyl groups is 4. The number of fused-ring (bicyclic) bond motifs is 1. The Bertz CT molecular complexity index is 216. The molecule has 0 aromatic rings. The van der Waals surface area contributed by atoms with Crippen molar-refractivity contribution in [2.24, 2.45) is 0 Å². The molecule has 6 heteroatoms. The van der Waals surface area contributed by atoms with Crippen LogP contribution < -0.4 is 0 Å². The highest BCUT2D eigenvalue weighted by atomic mass is 16.9. The second kappa shape index (κ2) is 1.98. The molecule has 2 aliphatic rings. The summed E-state index contributed by atoms with van der Waals surface area (Å²) in [4.78, 5) is 0. The molecule has 0 spiro atoms. The largest absolute Gasteiger partial charge is 0.377 e. The monoisotopic (exact) mass is 178 g/mol. The predicted octanol–water partition coefficient (Wildman–Crippen LogP) is -2.51. The van der Waals surface area contributed by atoms with Crippen LogP contribution in [0.25, 0.3) is 0 Å². The Morgan fingerprint density at radius 3 is 2.25 bits per heavy atom. The van der Waals surface area contributed by atoms with Crippen LogP contribution in [0.3, 0.4) is 0 Å². The molecule has 0 amide bonds. The van der Waals surface area contributed by atoms with Crippen molar-refractivity contribution < 1.29 is 29.9 Å². The van der Waals surface area contributed by atoms with Crippen molar-refractivity contribution in [2.75, 3.05) is 13.2 Å². The highest BCUT2D eigenvalue weighted by Crippen LogP contribution is 2.47. The zero-order valence-electron chi connectivity index (χ0n) is 6.23. The Morgan fingerprint density at radius 2 is 1.67 bits per heavy atom. The van der Waals surface area contributed by atoms with Crippen LogP contribution in [0.4, 0.5) is 0 Å². The van der Waals surface area contributed by atoms with Crippen molar-refractivity contribution >= 4 is 0 Å².